The van der Waals surface area contributed by atoms with Gasteiger partial charge in [0, 0.05) is 6.07 Å². The third-order valence-electron chi connectivity index (χ3n) is 2.52. The van der Waals surface area contributed by atoms with Gasteiger partial charge in [0.05, 0.1) is 23.5 Å². The lowest BCUT2D eigenvalue weighted by Crippen LogP contribution is -2.14. The molecule has 1 aromatic carbocycles. The molecule has 2 rings (SSSR count). The van der Waals surface area contributed by atoms with Crippen LogP contribution in [0.25, 0.3) is 0 Å². The Morgan fingerprint density at radius 1 is 1.17 bits per heavy atom. The fraction of sp³-hybridized carbons (Fsp3) is 0.167. The topological polar surface area (TPSA) is 148 Å². The number of hydrogen-bond donors (Lipinski definition) is 3. The van der Waals surface area contributed by atoms with Gasteiger partial charge in [-0.3, -0.25) is 14.3 Å². The first-order valence-corrected chi connectivity index (χ1v) is 9.71. The summed E-state index contributed by atoms with van der Waals surface area (Å²) >= 11 is 0. The quantitative estimate of drug-likeness (QED) is 0.466. The molecule has 1 aromatic heterocycles. The maximum Gasteiger partial charge on any atom is 0.294 e. The first-order chi connectivity index (χ1) is 11.1. The van der Waals surface area contributed by atoms with Crippen molar-refractivity contribution in [3.63, 3.8) is 0 Å². The standard InChI is InChI=1S/C12H14N4O6S2/c1-23(17,18)16-12-7-13-6-11(15-12)14-8-22-9-3-2-4-10(5-9)24(19,20)21/h2-7H,8H2,1H3,(H2,14,15,16)(H,19,20,21). The molecule has 3 N–H and O–H groups in total. The van der Waals surface area contributed by atoms with Crippen molar-refractivity contribution in [1.82, 2.24) is 9.97 Å². The lowest BCUT2D eigenvalue weighted by atomic mass is 10.3. The van der Waals surface area contributed by atoms with E-state index in [1.807, 2.05) is 0 Å². The van der Waals surface area contributed by atoms with E-state index in [4.69, 9.17) is 9.29 Å². The summed E-state index contributed by atoms with van der Waals surface area (Å²) in [6.07, 6.45) is 3.58. The first-order valence-electron chi connectivity index (χ1n) is 6.37. The van der Waals surface area contributed by atoms with Crippen LogP contribution in [0.1, 0.15) is 0 Å². The summed E-state index contributed by atoms with van der Waals surface area (Å²) in [4.78, 5) is 7.49. The third-order valence-corrected chi connectivity index (χ3v) is 3.95. The van der Waals surface area contributed by atoms with Crippen LogP contribution in [0.2, 0.25) is 0 Å². The minimum absolute atomic E-state index is 0.0378. The van der Waals surface area contributed by atoms with Gasteiger partial charge in [-0.2, -0.15) is 8.42 Å². The second kappa shape index (κ2) is 6.98. The van der Waals surface area contributed by atoms with Gasteiger partial charge in [-0.15, -0.1) is 0 Å². The average molecular weight is 374 g/mol. The van der Waals surface area contributed by atoms with Crippen LogP contribution < -0.4 is 14.8 Å². The maximum atomic E-state index is 11.1. The summed E-state index contributed by atoms with van der Waals surface area (Å²) in [6, 6.07) is 5.30. The fourth-order valence-corrected chi connectivity index (χ4v) is 2.60. The molecule has 0 aliphatic rings. The highest BCUT2D eigenvalue weighted by molar-refractivity contribution is 7.92. The number of nitrogens with zero attached hydrogens (tertiary/aromatic N) is 2. The van der Waals surface area contributed by atoms with Gasteiger partial charge in [0.15, 0.2) is 12.5 Å². The smallest absolute Gasteiger partial charge is 0.294 e. The molecule has 0 spiro atoms. The lowest BCUT2D eigenvalue weighted by Gasteiger charge is -2.10. The van der Waals surface area contributed by atoms with Crippen LogP contribution in [-0.2, 0) is 20.1 Å². The Kier molecular flexibility index (Phi) is 5.21. The molecule has 0 bridgehead atoms. The molecule has 1 heterocycles. The molecule has 0 saturated carbocycles. The van der Waals surface area contributed by atoms with Crippen molar-refractivity contribution in [2.45, 2.75) is 4.90 Å². The molecule has 10 nitrogen and oxygen atoms in total. The number of aromatic nitrogens is 2. The molecule has 0 fully saturated rings. The van der Waals surface area contributed by atoms with Crippen LogP contribution in [0.5, 0.6) is 5.75 Å². The number of nitrogens with one attached hydrogen (secondary N) is 2. The van der Waals surface area contributed by atoms with Gasteiger partial charge in [0.25, 0.3) is 10.1 Å². The number of sulfonamides is 1. The highest BCUT2D eigenvalue weighted by atomic mass is 32.2. The molecule has 0 atom stereocenters. The van der Waals surface area contributed by atoms with Crippen LogP contribution in [0, 0.1) is 0 Å². The van der Waals surface area contributed by atoms with Gasteiger partial charge < -0.3 is 10.1 Å². The van der Waals surface area contributed by atoms with Crippen LogP contribution in [0.3, 0.4) is 0 Å². The van der Waals surface area contributed by atoms with Gasteiger partial charge in [-0.1, -0.05) is 6.07 Å². The molecular formula is C12H14N4O6S2. The van der Waals surface area contributed by atoms with Gasteiger partial charge in [0.1, 0.15) is 11.6 Å². The molecular weight excluding hydrogens is 360 g/mol. The summed E-state index contributed by atoms with van der Waals surface area (Å²) in [5.41, 5.74) is 0. The van der Waals surface area contributed by atoms with Crippen molar-refractivity contribution in [1.29, 1.82) is 0 Å². The summed E-state index contributed by atoms with van der Waals surface area (Å²) in [7, 11) is -7.78. The van der Waals surface area contributed by atoms with Crippen LogP contribution in [0.15, 0.2) is 41.6 Å². The van der Waals surface area contributed by atoms with Crippen LogP contribution in [0.4, 0.5) is 11.6 Å². The van der Waals surface area contributed by atoms with Crippen molar-refractivity contribution in [2.24, 2.45) is 0 Å². The Hall–Kier alpha value is -2.44. The number of hydrogen-bond acceptors (Lipinski definition) is 8. The number of anilines is 2. The van der Waals surface area contributed by atoms with E-state index in [0.717, 1.165) is 12.3 Å². The van der Waals surface area contributed by atoms with Crippen molar-refractivity contribution < 1.29 is 26.1 Å². The Balaban J connectivity index is 1.99. The minimum Gasteiger partial charge on any atom is -0.473 e. The van der Waals surface area contributed by atoms with Crippen LogP contribution in [-0.4, -0.2) is 44.3 Å². The van der Waals surface area contributed by atoms with Crippen molar-refractivity contribution >= 4 is 31.8 Å². The SMILES string of the molecule is CS(=O)(=O)Nc1cncc(NCOc2cccc(S(=O)(=O)O)c2)n1. The summed E-state index contributed by atoms with van der Waals surface area (Å²) in [6.45, 7) is -0.0913. The van der Waals surface area contributed by atoms with Gasteiger partial charge >= 0.3 is 0 Å². The number of benzene rings is 1. The van der Waals surface area contributed by atoms with E-state index in [9.17, 15) is 16.8 Å². The highest BCUT2D eigenvalue weighted by Crippen LogP contribution is 2.17. The van der Waals surface area contributed by atoms with Crippen LogP contribution >= 0.6 is 0 Å². The molecule has 0 amide bonds. The molecule has 12 heteroatoms. The Bertz CT molecular complexity index is 930. The van der Waals surface area contributed by atoms with Crippen molar-refractivity contribution in [3.05, 3.63) is 36.7 Å². The zero-order valence-electron chi connectivity index (χ0n) is 12.4. The predicted molar refractivity (Wildman–Crippen MR) is 85.9 cm³/mol. The van der Waals surface area contributed by atoms with Gasteiger partial charge in [0.2, 0.25) is 10.0 Å². The Morgan fingerprint density at radius 2 is 1.88 bits per heavy atom. The Labute approximate surface area is 138 Å². The molecule has 24 heavy (non-hydrogen) atoms. The van der Waals surface area contributed by atoms with Crippen molar-refractivity contribution in [2.75, 3.05) is 23.0 Å². The molecule has 0 aliphatic carbocycles. The normalized spacial score (nSPS) is 11.8. The van der Waals surface area contributed by atoms with Gasteiger partial charge in [-0.05, 0) is 12.1 Å². The number of ether oxygens (including phenoxy) is 1. The second-order valence-electron chi connectivity index (χ2n) is 4.58. The lowest BCUT2D eigenvalue weighted by molar-refractivity contribution is 0.345. The van der Waals surface area contributed by atoms with E-state index in [0.29, 0.717) is 0 Å². The largest absolute Gasteiger partial charge is 0.473 e. The molecule has 0 unspecified atom stereocenters. The molecule has 0 aliphatic heterocycles. The Morgan fingerprint density at radius 3 is 2.54 bits per heavy atom. The van der Waals surface area contributed by atoms with E-state index < -0.39 is 20.1 Å². The zero-order valence-corrected chi connectivity index (χ0v) is 14.0. The molecule has 130 valence electrons. The fourth-order valence-electron chi connectivity index (χ4n) is 1.61. The maximum absolute atomic E-state index is 11.1. The molecule has 0 saturated heterocycles. The zero-order chi connectivity index (χ0) is 17.8. The van der Waals surface area contributed by atoms with E-state index in [-0.39, 0.29) is 29.0 Å². The summed E-state index contributed by atoms with van der Waals surface area (Å²) in [5, 5.41) is 2.73. The van der Waals surface area contributed by atoms with E-state index in [1.165, 1.54) is 30.6 Å². The number of rotatable bonds is 7. The van der Waals surface area contributed by atoms with E-state index in [1.54, 1.807) is 0 Å². The summed E-state index contributed by atoms with van der Waals surface area (Å²) in [5.74, 6) is 0.487. The molecule has 2 aromatic rings. The summed E-state index contributed by atoms with van der Waals surface area (Å²) < 4.78 is 60.8. The third kappa shape index (κ3) is 5.64. The van der Waals surface area contributed by atoms with E-state index >= 15 is 0 Å². The van der Waals surface area contributed by atoms with Gasteiger partial charge in [-0.25, -0.2) is 13.4 Å². The van der Waals surface area contributed by atoms with E-state index in [2.05, 4.69) is 20.0 Å². The molecule has 0 radical (unpaired) electrons. The second-order valence-corrected chi connectivity index (χ2v) is 7.75. The highest BCUT2D eigenvalue weighted by Gasteiger charge is 2.10. The minimum atomic E-state index is -4.31. The monoisotopic (exact) mass is 374 g/mol. The first kappa shape index (κ1) is 17.9. The predicted octanol–water partition coefficient (Wildman–Crippen LogP) is 0.543. The van der Waals surface area contributed by atoms with Crippen molar-refractivity contribution in [3.8, 4) is 5.75 Å². The average Bonchev–Trinajstić information content (AvgIpc) is 2.45.